The standard InChI is InChI=1S/C23H33F6N5O4S/c1-14(2)34-13-18(19(30-34)15-4-6-33(7-5-15)39(3,36)37)10-31-8-16-11-32(12-17(16)9-31)21(35)38-20(22(24,25)26)23(27,28)29/h13-17,20H,4-12H2,1-3H3. The van der Waals surface area contributed by atoms with E-state index >= 15 is 0 Å². The molecule has 39 heavy (non-hydrogen) atoms. The van der Waals surface area contributed by atoms with Gasteiger partial charge in [0.25, 0.3) is 6.10 Å². The monoisotopic (exact) mass is 589 g/mol. The van der Waals surface area contributed by atoms with Gasteiger partial charge < -0.3 is 9.64 Å². The number of sulfonamides is 1. The first-order chi connectivity index (χ1) is 17.9. The zero-order valence-corrected chi connectivity index (χ0v) is 22.7. The van der Waals surface area contributed by atoms with Gasteiger partial charge in [-0.2, -0.15) is 31.4 Å². The Bertz CT molecular complexity index is 1120. The molecule has 0 aromatic carbocycles. The van der Waals surface area contributed by atoms with E-state index in [9.17, 15) is 39.6 Å². The number of halogens is 6. The van der Waals surface area contributed by atoms with Gasteiger partial charge in [-0.05, 0) is 38.5 Å². The van der Waals surface area contributed by atoms with Crippen LogP contribution in [0.5, 0.6) is 0 Å². The summed E-state index contributed by atoms with van der Waals surface area (Å²) in [5.41, 5.74) is 1.93. The zero-order chi connectivity index (χ0) is 28.9. The summed E-state index contributed by atoms with van der Waals surface area (Å²) in [5, 5.41) is 4.81. The molecule has 0 spiro atoms. The third-order valence-corrected chi connectivity index (χ3v) is 9.01. The number of rotatable bonds is 6. The molecule has 0 saturated carbocycles. The first-order valence-corrected chi connectivity index (χ1v) is 14.6. The number of hydrogen-bond acceptors (Lipinski definition) is 6. The van der Waals surface area contributed by atoms with Gasteiger partial charge in [0.1, 0.15) is 0 Å². The number of carbonyl (C=O) groups is 1. The van der Waals surface area contributed by atoms with E-state index in [0.29, 0.717) is 45.6 Å². The lowest BCUT2D eigenvalue weighted by Crippen LogP contribution is -2.48. The summed E-state index contributed by atoms with van der Waals surface area (Å²) in [6.45, 7) is 6.48. The molecule has 4 rings (SSSR count). The van der Waals surface area contributed by atoms with Crippen LogP contribution in [0, 0.1) is 11.8 Å². The number of nitrogens with zero attached hydrogens (tertiary/aromatic N) is 5. The molecule has 9 nitrogen and oxygen atoms in total. The van der Waals surface area contributed by atoms with Crippen molar-refractivity contribution in [3.63, 3.8) is 0 Å². The minimum Gasteiger partial charge on any atom is -0.426 e. The van der Waals surface area contributed by atoms with E-state index in [2.05, 4.69) is 9.64 Å². The number of ether oxygens (including phenoxy) is 1. The molecular weight excluding hydrogens is 556 g/mol. The third kappa shape index (κ3) is 6.81. The maximum absolute atomic E-state index is 12.8. The van der Waals surface area contributed by atoms with Crippen LogP contribution >= 0.6 is 0 Å². The van der Waals surface area contributed by atoms with Gasteiger partial charge in [-0.25, -0.2) is 17.5 Å². The maximum atomic E-state index is 12.8. The fourth-order valence-corrected chi connectivity index (χ4v) is 6.61. The van der Waals surface area contributed by atoms with Crippen LogP contribution in [0.4, 0.5) is 31.1 Å². The predicted molar refractivity (Wildman–Crippen MR) is 127 cm³/mol. The molecule has 3 aliphatic heterocycles. The van der Waals surface area contributed by atoms with Crippen molar-refractivity contribution >= 4 is 16.1 Å². The Morgan fingerprint density at radius 3 is 2.03 bits per heavy atom. The van der Waals surface area contributed by atoms with Gasteiger partial charge in [-0.1, -0.05) is 0 Å². The first-order valence-electron chi connectivity index (χ1n) is 12.8. The van der Waals surface area contributed by atoms with Crippen molar-refractivity contribution in [2.24, 2.45) is 11.8 Å². The highest BCUT2D eigenvalue weighted by atomic mass is 32.2. The molecule has 16 heteroatoms. The maximum Gasteiger partial charge on any atom is 0.434 e. The molecule has 1 aromatic rings. The van der Waals surface area contributed by atoms with E-state index in [-0.39, 0.29) is 36.9 Å². The van der Waals surface area contributed by atoms with E-state index in [1.165, 1.54) is 10.6 Å². The second kappa shape index (κ2) is 10.7. The van der Waals surface area contributed by atoms with Gasteiger partial charge in [0.05, 0.1) is 11.9 Å². The summed E-state index contributed by atoms with van der Waals surface area (Å²) < 4.78 is 108. The Hall–Kier alpha value is -2.07. The first kappa shape index (κ1) is 29.9. The van der Waals surface area contributed by atoms with Crippen LogP contribution in [-0.2, 0) is 21.3 Å². The second-order valence-electron chi connectivity index (χ2n) is 11.0. The van der Waals surface area contributed by atoms with E-state index in [0.717, 1.165) is 16.2 Å². The van der Waals surface area contributed by atoms with Crippen molar-refractivity contribution in [2.45, 2.75) is 63.7 Å². The molecule has 0 bridgehead atoms. The van der Waals surface area contributed by atoms with Crippen molar-refractivity contribution < 1.29 is 44.3 Å². The van der Waals surface area contributed by atoms with Crippen LogP contribution in [0.15, 0.2) is 6.20 Å². The van der Waals surface area contributed by atoms with Crippen LogP contribution in [0.25, 0.3) is 0 Å². The van der Waals surface area contributed by atoms with E-state index in [1.54, 1.807) is 0 Å². The fourth-order valence-electron chi connectivity index (χ4n) is 5.74. The Balaban J connectivity index is 1.37. The minimum atomic E-state index is -5.75. The van der Waals surface area contributed by atoms with Crippen molar-refractivity contribution in [2.75, 3.05) is 45.5 Å². The molecule has 3 fully saturated rings. The van der Waals surface area contributed by atoms with Crippen LogP contribution in [0.2, 0.25) is 0 Å². The van der Waals surface area contributed by atoms with Crippen LogP contribution in [0.3, 0.4) is 0 Å². The SMILES string of the molecule is CC(C)n1cc(CN2CC3CN(C(=O)OC(C(F)(F)F)C(F)(F)F)CC3C2)c(C2CCN(S(C)(=O)=O)CC2)n1. The summed E-state index contributed by atoms with van der Waals surface area (Å²) in [6, 6.07) is 0.114. The normalized spacial score (nSPS) is 24.2. The molecule has 1 aromatic heterocycles. The molecule has 1 amide bonds. The summed E-state index contributed by atoms with van der Waals surface area (Å²) in [4.78, 5) is 15.2. The van der Waals surface area contributed by atoms with Gasteiger partial charge in [0, 0.05) is 69.5 Å². The lowest BCUT2D eigenvalue weighted by Gasteiger charge is -2.30. The smallest absolute Gasteiger partial charge is 0.426 e. The largest absolute Gasteiger partial charge is 0.434 e. The summed E-state index contributed by atoms with van der Waals surface area (Å²) in [6.07, 6.45) is -12.8. The Morgan fingerprint density at radius 1 is 1.03 bits per heavy atom. The molecule has 0 radical (unpaired) electrons. The summed E-state index contributed by atoms with van der Waals surface area (Å²) in [7, 11) is -3.26. The summed E-state index contributed by atoms with van der Waals surface area (Å²) in [5.74, 6) is -0.107. The van der Waals surface area contributed by atoms with Gasteiger partial charge in [0.15, 0.2) is 0 Å². The zero-order valence-electron chi connectivity index (χ0n) is 21.9. The summed E-state index contributed by atoms with van der Waals surface area (Å²) >= 11 is 0. The molecular formula is C23H33F6N5O4S. The van der Waals surface area contributed by atoms with Gasteiger partial charge >= 0.3 is 18.4 Å². The highest BCUT2D eigenvalue weighted by molar-refractivity contribution is 7.88. The number of likely N-dealkylation sites (tertiary alicyclic amines) is 2. The molecule has 222 valence electrons. The highest BCUT2D eigenvalue weighted by Gasteiger charge is 2.60. The number of amides is 1. The number of aromatic nitrogens is 2. The minimum absolute atomic E-state index is 0.0184. The molecule has 2 atom stereocenters. The Kier molecular flexibility index (Phi) is 8.22. The Labute approximate surface area is 223 Å². The van der Waals surface area contributed by atoms with E-state index in [4.69, 9.17) is 5.10 Å². The second-order valence-corrected chi connectivity index (χ2v) is 13.0. The lowest BCUT2D eigenvalue weighted by atomic mass is 9.92. The molecule has 3 saturated heterocycles. The average molecular weight is 590 g/mol. The topological polar surface area (TPSA) is 88.0 Å². The predicted octanol–water partition coefficient (Wildman–Crippen LogP) is 3.60. The Morgan fingerprint density at radius 2 is 1.56 bits per heavy atom. The quantitative estimate of drug-likeness (QED) is 0.472. The number of alkyl halides is 6. The molecule has 2 unspecified atom stereocenters. The number of fused-ring (bicyclic) bond motifs is 1. The van der Waals surface area contributed by atoms with Crippen LogP contribution < -0.4 is 0 Å². The average Bonchev–Trinajstić information content (AvgIpc) is 3.49. The molecule has 3 aliphatic rings. The highest BCUT2D eigenvalue weighted by Crippen LogP contribution is 2.38. The fraction of sp³-hybridized carbons (Fsp3) is 0.826. The van der Waals surface area contributed by atoms with Crippen molar-refractivity contribution in [1.82, 2.24) is 23.9 Å². The van der Waals surface area contributed by atoms with Crippen molar-refractivity contribution in [1.29, 1.82) is 0 Å². The van der Waals surface area contributed by atoms with E-state index < -0.39 is 34.6 Å². The molecule has 0 N–H and O–H groups in total. The lowest BCUT2D eigenvalue weighted by molar-refractivity contribution is -0.308. The van der Waals surface area contributed by atoms with Crippen LogP contribution in [0.1, 0.15) is 49.9 Å². The van der Waals surface area contributed by atoms with Gasteiger partial charge in [0.2, 0.25) is 10.0 Å². The third-order valence-electron chi connectivity index (χ3n) is 7.71. The number of carbonyl (C=O) groups excluding carboxylic acids is 1. The van der Waals surface area contributed by atoms with Crippen LogP contribution in [-0.4, -0.2) is 102 Å². The van der Waals surface area contributed by atoms with Gasteiger partial charge in [-0.15, -0.1) is 0 Å². The molecule has 4 heterocycles. The van der Waals surface area contributed by atoms with E-state index in [1.807, 2.05) is 24.7 Å². The molecule has 0 aliphatic carbocycles. The number of piperidine rings is 1. The van der Waals surface area contributed by atoms with Crippen molar-refractivity contribution in [3.05, 3.63) is 17.5 Å². The number of hydrogen-bond donors (Lipinski definition) is 0. The van der Waals surface area contributed by atoms with Gasteiger partial charge in [-0.3, -0.25) is 9.58 Å². The van der Waals surface area contributed by atoms with Crippen molar-refractivity contribution in [3.8, 4) is 0 Å².